The number of aliphatic imine (C=N–C) groups is 1. The zero-order valence-corrected chi connectivity index (χ0v) is 15.2. The van der Waals surface area contributed by atoms with Crippen LogP contribution >= 0.6 is 0 Å². The van der Waals surface area contributed by atoms with Crippen molar-refractivity contribution >= 4 is 5.96 Å². The lowest BCUT2D eigenvalue weighted by Crippen LogP contribution is -2.50. The molecule has 0 heterocycles. The summed E-state index contributed by atoms with van der Waals surface area (Å²) in [6, 6.07) is 6.52. The summed E-state index contributed by atoms with van der Waals surface area (Å²) < 4.78 is 0. The zero-order chi connectivity index (χ0) is 16.8. The highest BCUT2D eigenvalue weighted by atomic mass is 15.2. The molecule has 22 heavy (non-hydrogen) atoms. The summed E-state index contributed by atoms with van der Waals surface area (Å²) >= 11 is 0. The van der Waals surface area contributed by atoms with Crippen LogP contribution in [0.3, 0.4) is 0 Å². The first-order chi connectivity index (χ1) is 10.3. The van der Waals surface area contributed by atoms with Gasteiger partial charge in [0.2, 0.25) is 0 Å². The van der Waals surface area contributed by atoms with Crippen LogP contribution in [-0.2, 0) is 6.54 Å². The Kier molecular flexibility index (Phi) is 6.88. The van der Waals surface area contributed by atoms with Gasteiger partial charge in [0.1, 0.15) is 0 Å². The van der Waals surface area contributed by atoms with Crippen molar-refractivity contribution in [2.45, 2.75) is 46.7 Å². The van der Waals surface area contributed by atoms with Crippen LogP contribution in [0.4, 0.5) is 0 Å². The van der Waals surface area contributed by atoms with E-state index in [9.17, 15) is 0 Å². The maximum absolute atomic E-state index is 4.71. The van der Waals surface area contributed by atoms with Gasteiger partial charge in [-0.3, -0.25) is 0 Å². The van der Waals surface area contributed by atoms with Crippen LogP contribution in [0, 0.1) is 13.8 Å². The fraction of sp³-hybridized carbons (Fsp3) is 0.611. The number of guanidine groups is 1. The minimum Gasteiger partial charge on any atom is -0.357 e. The van der Waals surface area contributed by atoms with Gasteiger partial charge in [-0.2, -0.15) is 0 Å². The molecule has 0 amide bonds. The third kappa shape index (κ3) is 5.68. The number of hydrogen-bond donors (Lipinski definition) is 2. The predicted molar refractivity (Wildman–Crippen MR) is 96.5 cm³/mol. The molecule has 4 heteroatoms. The Labute approximate surface area is 136 Å². The van der Waals surface area contributed by atoms with Crippen LogP contribution in [0.2, 0.25) is 0 Å². The van der Waals surface area contributed by atoms with Gasteiger partial charge in [-0.1, -0.05) is 23.8 Å². The van der Waals surface area contributed by atoms with Gasteiger partial charge in [0.25, 0.3) is 0 Å². The van der Waals surface area contributed by atoms with Gasteiger partial charge >= 0.3 is 0 Å². The van der Waals surface area contributed by atoms with E-state index in [1.807, 2.05) is 0 Å². The Morgan fingerprint density at radius 1 is 1.18 bits per heavy atom. The first kappa shape index (κ1) is 18.5. The summed E-state index contributed by atoms with van der Waals surface area (Å²) in [5.41, 5.74) is 3.95. The monoisotopic (exact) mass is 304 g/mol. The van der Waals surface area contributed by atoms with Gasteiger partial charge in [-0.25, -0.2) is 4.99 Å². The van der Waals surface area contributed by atoms with Gasteiger partial charge in [-0.05, 0) is 59.8 Å². The molecule has 2 N–H and O–H groups in total. The third-order valence-electron chi connectivity index (χ3n) is 4.15. The molecular weight excluding hydrogens is 272 g/mol. The van der Waals surface area contributed by atoms with E-state index in [1.165, 1.54) is 16.7 Å². The Morgan fingerprint density at radius 2 is 1.86 bits per heavy atom. The van der Waals surface area contributed by atoms with E-state index in [4.69, 9.17) is 4.99 Å². The van der Waals surface area contributed by atoms with Crippen molar-refractivity contribution in [3.63, 3.8) is 0 Å². The van der Waals surface area contributed by atoms with Crippen LogP contribution < -0.4 is 10.6 Å². The topological polar surface area (TPSA) is 39.7 Å². The third-order valence-corrected chi connectivity index (χ3v) is 4.15. The van der Waals surface area contributed by atoms with Gasteiger partial charge in [0.15, 0.2) is 5.96 Å². The quantitative estimate of drug-likeness (QED) is 0.627. The fourth-order valence-electron chi connectivity index (χ4n) is 1.99. The van der Waals surface area contributed by atoms with E-state index in [1.54, 1.807) is 0 Å². The van der Waals surface area contributed by atoms with Gasteiger partial charge in [0, 0.05) is 18.6 Å². The second-order valence-corrected chi connectivity index (χ2v) is 6.69. The van der Waals surface area contributed by atoms with Crippen LogP contribution in [0.25, 0.3) is 0 Å². The number of hydrogen-bond acceptors (Lipinski definition) is 2. The molecule has 0 unspecified atom stereocenters. The molecule has 0 fully saturated rings. The molecular formula is C18H32N4. The first-order valence-electron chi connectivity index (χ1n) is 8.02. The van der Waals surface area contributed by atoms with Crippen LogP contribution in [-0.4, -0.2) is 43.6 Å². The Hall–Kier alpha value is -1.55. The van der Waals surface area contributed by atoms with E-state index < -0.39 is 0 Å². The molecule has 1 rings (SSSR count). The number of nitrogens with zero attached hydrogens (tertiary/aromatic N) is 2. The number of likely N-dealkylation sites (N-methyl/N-ethyl adjacent to an activating group) is 1. The highest BCUT2D eigenvalue weighted by Crippen LogP contribution is 2.11. The number of rotatable bonds is 6. The highest BCUT2D eigenvalue weighted by Gasteiger charge is 2.20. The van der Waals surface area contributed by atoms with Gasteiger partial charge in [0.05, 0.1) is 6.54 Å². The summed E-state index contributed by atoms with van der Waals surface area (Å²) in [4.78, 5) is 6.93. The van der Waals surface area contributed by atoms with Gasteiger partial charge < -0.3 is 15.5 Å². The second kappa shape index (κ2) is 8.18. The van der Waals surface area contributed by atoms with E-state index in [0.717, 1.165) is 19.0 Å². The van der Waals surface area contributed by atoms with Crippen molar-refractivity contribution < 1.29 is 0 Å². The molecule has 0 aliphatic heterocycles. The predicted octanol–water partition coefficient (Wildman–Crippen LogP) is 2.70. The molecule has 1 aromatic carbocycles. The molecule has 0 spiro atoms. The van der Waals surface area contributed by atoms with E-state index in [-0.39, 0.29) is 5.54 Å². The van der Waals surface area contributed by atoms with Crippen molar-refractivity contribution in [3.05, 3.63) is 34.9 Å². The number of nitrogens with one attached hydrogen (secondary N) is 2. The van der Waals surface area contributed by atoms with Crippen LogP contribution in [0.1, 0.15) is 37.5 Å². The molecule has 0 aromatic heterocycles. The summed E-state index contributed by atoms with van der Waals surface area (Å²) in [5, 5.41) is 6.76. The van der Waals surface area contributed by atoms with Crippen molar-refractivity contribution in [2.24, 2.45) is 4.99 Å². The molecule has 0 bridgehead atoms. The van der Waals surface area contributed by atoms with Crippen molar-refractivity contribution in [2.75, 3.05) is 27.2 Å². The van der Waals surface area contributed by atoms with E-state index in [0.29, 0.717) is 6.54 Å². The SMILES string of the molecule is CCNC(=NCc1ccc(C)cc1C)NCC(C)(C)N(C)C. The summed E-state index contributed by atoms with van der Waals surface area (Å²) in [7, 11) is 4.20. The maximum Gasteiger partial charge on any atom is 0.191 e. The molecule has 0 radical (unpaired) electrons. The molecule has 4 nitrogen and oxygen atoms in total. The van der Waals surface area contributed by atoms with E-state index in [2.05, 4.69) is 82.4 Å². The molecule has 1 aromatic rings. The smallest absolute Gasteiger partial charge is 0.191 e. The standard InChI is InChI=1S/C18H32N4/c1-8-19-17(21-13-18(4,5)22(6)7)20-12-16-10-9-14(2)11-15(16)3/h9-11H,8,12-13H2,1-7H3,(H2,19,20,21). The summed E-state index contributed by atoms with van der Waals surface area (Å²) in [6.07, 6.45) is 0. The number of benzene rings is 1. The molecule has 0 aliphatic carbocycles. The van der Waals surface area contributed by atoms with E-state index >= 15 is 0 Å². The maximum atomic E-state index is 4.71. The second-order valence-electron chi connectivity index (χ2n) is 6.69. The first-order valence-corrected chi connectivity index (χ1v) is 8.02. The molecule has 0 saturated carbocycles. The molecule has 0 saturated heterocycles. The average Bonchev–Trinajstić information content (AvgIpc) is 2.43. The number of aryl methyl sites for hydroxylation is 2. The minimum atomic E-state index is 0.0793. The lowest BCUT2D eigenvalue weighted by Gasteiger charge is -2.33. The zero-order valence-electron chi connectivity index (χ0n) is 15.2. The molecule has 0 atom stereocenters. The lowest BCUT2D eigenvalue weighted by molar-refractivity contribution is 0.197. The Morgan fingerprint density at radius 3 is 2.41 bits per heavy atom. The van der Waals surface area contributed by atoms with Gasteiger partial charge in [-0.15, -0.1) is 0 Å². The fourth-order valence-corrected chi connectivity index (χ4v) is 1.99. The van der Waals surface area contributed by atoms with Crippen molar-refractivity contribution in [1.82, 2.24) is 15.5 Å². The van der Waals surface area contributed by atoms with Crippen LogP contribution in [0.5, 0.6) is 0 Å². The normalized spacial score (nSPS) is 12.6. The molecule has 0 aliphatic rings. The summed E-state index contributed by atoms with van der Waals surface area (Å²) in [6.45, 7) is 13.2. The Bertz CT molecular complexity index is 504. The summed E-state index contributed by atoms with van der Waals surface area (Å²) in [5.74, 6) is 0.873. The molecule has 124 valence electrons. The average molecular weight is 304 g/mol. The van der Waals surface area contributed by atoms with Crippen LogP contribution in [0.15, 0.2) is 23.2 Å². The van der Waals surface area contributed by atoms with Crippen molar-refractivity contribution in [1.29, 1.82) is 0 Å². The Balaban J connectivity index is 2.73. The highest BCUT2D eigenvalue weighted by molar-refractivity contribution is 5.79. The minimum absolute atomic E-state index is 0.0793. The lowest BCUT2D eigenvalue weighted by atomic mass is 10.0. The van der Waals surface area contributed by atoms with Crippen molar-refractivity contribution in [3.8, 4) is 0 Å². The largest absolute Gasteiger partial charge is 0.357 e.